The summed E-state index contributed by atoms with van der Waals surface area (Å²) < 4.78 is 4.76. The van der Waals surface area contributed by atoms with Crippen LogP contribution in [0.3, 0.4) is 0 Å². The smallest absolute Gasteiger partial charge is 0.337 e. The third kappa shape index (κ3) is 2.23. The van der Waals surface area contributed by atoms with Gasteiger partial charge in [0.15, 0.2) is 0 Å². The summed E-state index contributed by atoms with van der Waals surface area (Å²) in [4.78, 5) is 28.7. The molecule has 0 bridgehead atoms. The monoisotopic (exact) mass is 321 g/mol. The molecule has 2 N–H and O–H groups in total. The summed E-state index contributed by atoms with van der Waals surface area (Å²) in [6.07, 6.45) is 0. The van der Waals surface area contributed by atoms with Gasteiger partial charge in [0.05, 0.1) is 19.2 Å². The summed E-state index contributed by atoms with van der Waals surface area (Å²) in [5, 5.41) is 6.09. The van der Waals surface area contributed by atoms with E-state index in [1.807, 2.05) is 24.3 Å². The van der Waals surface area contributed by atoms with Gasteiger partial charge in [0.25, 0.3) is 0 Å². The molecule has 4 rings (SSSR count). The highest BCUT2D eigenvalue weighted by atomic mass is 16.5. The Morgan fingerprint density at radius 2 is 2.00 bits per heavy atom. The van der Waals surface area contributed by atoms with Crippen molar-refractivity contribution in [3.8, 4) is 0 Å². The van der Waals surface area contributed by atoms with Gasteiger partial charge >= 0.3 is 5.97 Å². The molecule has 2 aromatic rings. The molecule has 1 unspecified atom stereocenters. The van der Waals surface area contributed by atoms with E-state index in [0.717, 1.165) is 16.8 Å². The van der Waals surface area contributed by atoms with Crippen LogP contribution in [0, 0.1) is 0 Å². The van der Waals surface area contributed by atoms with Gasteiger partial charge in [-0.3, -0.25) is 9.79 Å². The standard InChI is InChI=1S/C18H15N3O3/c1-24-18(23)10-6-7-14-12(8-10)15(17(22)21-14)16-19-9-11-4-2-3-5-13(11)20-16/h2-8,15H,9H2,1H3,(H,19,20)(H,21,22). The Morgan fingerprint density at radius 3 is 2.83 bits per heavy atom. The quantitative estimate of drug-likeness (QED) is 0.833. The van der Waals surface area contributed by atoms with Gasteiger partial charge in [-0.15, -0.1) is 0 Å². The van der Waals surface area contributed by atoms with E-state index in [4.69, 9.17) is 4.74 Å². The van der Waals surface area contributed by atoms with E-state index in [0.29, 0.717) is 23.6 Å². The number of hydrogen-bond acceptors (Lipinski definition) is 5. The first-order valence-electron chi connectivity index (χ1n) is 7.60. The van der Waals surface area contributed by atoms with E-state index < -0.39 is 11.9 Å². The number of ether oxygens (including phenoxy) is 1. The minimum absolute atomic E-state index is 0.155. The van der Waals surface area contributed by atoms with Crippen LogP contribution < -0.4 is 10.6 Å². The number of esters is 1. The van der Waals surface area contributed by atoms with Gasteiger partial charge in [0.1, 0.15) is 11.8 Å². The molecule has 0 spiro atoms. The molecule has 0 saturated carbocycles. The lowest BCUT2D eigenvalue weighted by molar-refractivity contribution is -0.115. The van der Waals surface area contributed by atoms with Crippen LogP contribution in [0.5, 0.6) is 0 Å². The minimum Gasteiger partial charge on any atom is -0.465 e. The number of methoxy groups -OCH3 is 1. The van der Waals surface area contributed by atoms with Crippen LogP contribution in [-0.2, 0) is 16.1 Å². The van der Waals surface area contributed by atoms with Crippen molar-refractivity contribution in [1.82, 2.24) is 0 Å². The van der Waals surface area contributed by atoms with E-state index in [9.17, 15) is 9.59 Å². The van der Waals surface area contributed by atoms with Crippen molar-refractivity contribution in [2.24, 2.45) is 4.99 Å². The summed E-state index contributed by atoms with van der Waals surface area (Å²) in [6.45, 7) is 0.522. The zero-order valence-corrected chi connectivity index (χ0v) is 13.0. The summed E-state index contributed by atoms with van der Waals surface area (Å²) in [7, 11) is 1.33. The number of para-hydroxylation sites is 1. The third-order valence-corrected chi connectivity index (χ3v) is 4.28. The maximum Gasteiger partial charge on any atom is 0.337 e. The highest BCUT2D eigenvalue weighted by molar-refractivity contribution is 6.22. The van der Waals surface area contributed by atoms with Crippen LogP contribution in [-0.4, -0.2) is 24.8 Å². The molecular weight excluding hydrogens is 306 g/mol. The average Bonchev–Trinajstić information content (AvgIpc) is 2.95. The van der Waals surface area contributed by atoms with Crippen molar-refractivity contribution in [3.63, 3.8) is 0 Å². The van der Waals surface area contributed by atoms with E-state index in [-0.39, 0.29) is 5.91 Å². The van der Waals surface area contributed by atoms with Gasteiger partial charge in [0, 0.05) is 11.4 Å². The van der Waals surface area contributed by atoms with Crippen molar-refractivity contribution < 1.29 is 14.3 Å². The normalized spacial score (nSPS) is 18.0. The first-order chi connectivity index (χ1) is 11.7. The maximum atomic E-state index is 12.4. The van der Waals surface area contributed by atoms with Gasteiger partial charge in [0.2, 0.25) is 5.91 Å². The molecule has 1 amide bonds. The summed E-state index contributed by atoms with van der Waals surface area (Å²) in [6, 6.07) is 12.9. The number of amides is 1. The fourth-order valence-electron chi connectivity index (χ4n) is 3.07. The second-order valence-electron chi connectivity index (χ2n) is 5.70. The molecule has 2 aliphatic rings. The number of nitrogens with one attached hydrogen (secondary N) is 2. The molecule has 24 heavy (non-hydrogen) atoms. The second-order valence-corrected chi connectivity index (χ2v) is 5.70. The number of fused-ring (bicyclic) bond motifs is 2. The number of carbonyl (C=O) groups is 2. The lowest BCUT2D eigenvalue weighted by Crippen LogP contribution is -2.29. The molecule has 2 heterocycles. The van der Waals surface area contributed by atoms with E-state index in [1.54, 1.807) is 18.2 Å². The third-order valence-electron chi connectivity index (χ3n) is 4.28. The fourth-order valence-corrected chi connectivity index (χ4v) is 3.07. The van der Waals surface area contributed by atoms with Crippen molar-refractivity contribution in [1.29, 1.82) is 0 Å². The molecule has 0 radical (unpaired) electrons. The van der Waals surface area contributed by atoms with Crippen molar-refractivity contribution >= 4 is 29.1 Å². The number of amidine groups is 1. The Hall–Kier alpha value is -3.15. The average molecular weight is 321 g/mol. The molecule has 2 aromatic carbocycles. The molecule has 0 fully saturated rings. The van der Waals surface area contributed by atoms with Gasteiger partial charge in [-0.25, -0.2) is 4.79 Å². The maximum absolute atomic E-state index is 12.4. The Bertz CT molecular complexity index is 889. The summed E-state index contributed by atoms with van der Waals surface area (Å²) >= 11 is 0. The van der Waals surface area contributed by atoms with Gasteiger partial charge in [-0.2, -0.15) is 0 Å². The Kier molecular flexibility index (Phi) is 3.30. The highest BCUT2D eigenvalue weighted by Gasteiger charge is 2.36. The fraction of sp³-hybridized carbons (Fsp3) is 0.167. The summed E-state index contributed by atoms with van der Waals surface area (Å²) in [5.41, 5.74) is 3.88. The molecule has 6 heteroatoms. The zero-order valence-electron chi connectivity index (χ0n) is 13.0. The number of benzene rings is 2. The van der Waals surface area contributed by atoms with Crippen molar-refractivity contribution in [2.75, 3.05) is 17.7 Å². The molecule has 120 valence electrons. The molecule has 1 atom stereocenters. The molecule has 2 aliphatic heterocycles. The van der Waals surface area contributed by atoms with E-state index in [2.05, 4.69) is 15.6 Å². The predicted molar refractivity (Wildman–Crippen MR) is 90.4 cm³/mol. The number of carbonyl (C=O) groups excluding carboxylic acids is 2. The van der Waals surface area contributed by atoms with E-state index in [1.165, 1.54) is 7.11 Å². The Labute approximate surface area is 138 Å². The van der Waals surface area contributed by atoms with Crippen molar-refractivity contribution in [3.05, 3.63) is 59.2 Å². The van der Waals surface area contributed by atoms with Gasteiger partial charge in [-0.05, 0) is 35.4 Å². The number of nitrogens with zero attached hydrogens (tertiary/aromatic N) is 1. The van der Waals surface area contributed by atoms with Gasteiger partial charge < -0.3 is 15.4 Å². The van der Waals surface area contributed by atoms with Crippen LogP contribution in [0.25, 0.3) is 0 Å². The predicted octanol–water partition coefficient (Wildman–Crippen LogP) is 2.53. The highest BCUT2D eigenvalue weighted by Crippen LogP contribution is 2.36. The molecule has 0 saturated heterocycles. The number of hydrogen-bond donors (Lipinski definition) is 2. The Morgan fingerprint density at radius 1 is 1.17 bits per heavy atom. The van der Waals surface area contributed by atoms with Crippen LogP contribution in [0.4, 0.5) is 11.4 Å². The minimum atomic E-state index is -0.557. The Balaban J connectivity index is 1.72. The molecule has 0 aliphatic carbocycles. The SMILES string of the molecule is COC(=O)c1ccc2c(c1)C(C1=NCc3ccccc3N1)C(=O)N2. The lowest BCUT2D eigenvalue weighted by Gasteiger charge is -2.21. The molecule has 6 nitrogen and oxygen atoms in total. The topological polar surface area (TPSA) is 79.8 Å². The van der Waals surface area contributed by atoms with Gasteiger partial charge in [-0.1, -0.05) is 18.2 Å². The first kappa shape index (κ1) is 14.4. The molecule has 0 aromatic heterocycles. The number of anilines is 2. The van der Waals surface area contributed by atoms with Crippen molar-refractivity contribution in [2.45, 2.75) is 12.5 Å². The zero-order chi connectivity index (χ0) is 16.7. The van der Waals surface area contributed by atoms with E-state index >= 15 is 0 Å². The van der Waals surface area contributed by atoms with Crippen LogP contribution in [0.2, 0.25) is 0 Å². The molecular formula is C18H15N3O3. The first-order valence-corrected chi connectivity index (χ1v) is 7.60. The van der Waals surface area contributed by atoms with Crippen LogP contribution >= 0.6 is 0 Å². The van der Waals surface area contributed by atoms with Crippen LogP contribution in [0.1, 0.15) is 27.4 Å². The second kappa shape index (κ2) is 5.49. The largest absolute Gasteiger partial charge is 0.465 e. The number of aliphatic imine (C=N–C) groups is 1. The summed E-state index contributed by atoms with van der Waals surface area (Å²) in [5.74, 6) is -0.553. The number of rotatable bonds is 2. The van der Waals surface area contributed by atoms with Crippen LogP contribution in [0.15, 0.2) is 47.5 Å². The lowest BCUT2D eigenvalue weighted by atomic mass is 9.96.